The molecule has 0 aromatic heterocycles. The summed E-state index contributed by atoms with van der Waals surface area (Å²) in [5.41, 5.74) is 2.43. The van der Waals surface area contributed by atoms with Crippen LogP contribution in [0.25, 0.3) is 0 Å². The van der Waals surface area contributed by atoms with E-state index in [2.05, 4.69) is 12.1 Å². The van der Waals surface area contributed by atoms with Gasteiger partial charge in [0.25, 0.3) is 0 Å². The van der Waals surface area contributed by atoms with Crippen LogP contribution in [0.4, 0.5) is 0 Å². The third kappa shape index (κ3) is 2.72. The molecule has 0 nitrogen and oxygen atoms in total. The normalized spacial score (nSPS) is 10.0. The highest BCUT2D eigenvalue weighted by atomic mass is 35.5. The van der Waals surface area contributed by atoms with Crippen LogP contribution in [0.3, 0.4) is 0 Å². The van der Waals surface area contributed by atoms with Crippen molar-refractivity contribution in [1.82, 2.24) is 0 Å². The van der Waals surface area contributed by atoms with Crippen molar-refractivity contribution in [1.29, 1.82) is 0 Å². The van der Waals surface area contributed by atoms with Crippen molar-refractivity contribution < 1.29 is 0 Å². The zero-order valence-corrected chi connectivity index (χ0v) is 7.70. The molecule has 11 heavy (non-hydrogen) atoms. The molecule has 0 unspecified atom stereocenters. The first kappa shape index (κ1) is 8.89. The minimum Gasteiger partial charge on any atom is -0.126 e. The lowest BCUT2D eigenvalue weighted by molar-refractivity contribution is 1.14. The van der Waals surface area contributed by atoms with Gasteiger partial charge >= 0.3 is 0 Å². The highest BCUT2D eigenvalue weighted by Crippen LogP contribution is 2.07. The first-order valence-electron chi connectivity index (χ1n) is 3.56. The maximum atomic E-state index is 5.63. The first-order valence-corrected chi connectivity index (χ1v) is 4.63. The van der Waals surface area contributed by atoms with Gasteiger partial charge < -0.3 is 0 Å². The molecule has 0 aliphatic rings. The van der Waals surface area contributed by atoms with Crippen LogP contribution in [0.2, 0.25) is 0 Å². The van der Waals surface area contributed by atoms with Crippen LogP contribution in [0.5, 0.6) is 0 Å². The van der Waals surface area contributed by atoms with Crippen LogP contribution in [0.15, 0.2) is 24.3 Å². The number of halogens is 2. The van der Waals surface area contributed by atoms with E-state index in [1.54, 1.807) is 0 Å². The van der Waals surface area contributed by atoms with Gasteiger partial charge in [-0.15, -0.1) is 23.2 Å². The summed E-state index contributed by atoms with van der Waals surface area (Å²) in [6.45, 7) is 0. The van der Waals surface area contributed by atoms with Crippen molar-refractivity contribution in [3.63, 3.8) is 0 Å². The maximum absolute atomic E-state index is 5.63. The lowest BCUT2D eigenvalue weighted by Gasteiger charge is -1.98. The quantitative estimate of drug-likeness (QED) is 0.640. The number of hydrogen-bond acceptors (Lipinski definition) is 0. The number of alkyl halides is 2. The number of rotatable bonds is 3. The van der Waals surface area contributed by atoms with Crippen LogP contribution in [0.1, 0.15) is 11.1 Å². The molecule has 0 radical (unpaired) electrons. The third-order valence-electron chi connectivity index (χ3n) is 1.56. The Morgan fingerprint density at radius 2 is 1.45 bits per heavy atom. The molecule has 0 spiro atoms. The molecule has 0 bridgehead atoms. The van der Waals surface area contributed by atoms with Gasteiger partial charge in [0.1, 0.15) is 0 Å². The summed E-state index contributed by atoms with van der Waals surface area (Å²) >= 11 is 11.2. The standard InChI is InChI=1S/C9H10Cl2/c10-6-5-8-1-3-9(7-11)4-2-8/h1-4H,5-7H2. The Hall–Kier alpha value is -0.200. The molecule has 0 fully saturated rings. The molecule has 1 aromatic carbocycles. The van der Waals surface area contributed by atoms with Crippen LogP contribution in [-0.2, 0) is 12.3 Å². The van der Waals surface area contributed by atoms with Crippen LogP contribution in [-0.4, -0.2) is 5.88 Å². The van der Waals surface area contributed by atoms with Crippen molar-refractivity contribution in [2.24, 2.45) is 0 Å². The molecule has 0 aliphatic heterocycles. The van der Waals surface area contributed by atoms with Crippen molar-refractivity contribution in [2.75, 3.05) is 5.88 Å². The van der Waals surface area contributed by atoms with E-state index in [1.165, 1.54) is 5.56 Å². The lowest BCUT2D eigenvalue weighted by atomic mass is 10.1. The summed E-state index contributed by atoms with van der Waals surface area (Å²) in [6, 6.07) is 8.21. The molecule has 1 aromatic rings. The summed E-state index contributed by atoms with van der Waals surface area (Å²) in [4.78, 5) is 0. The van der Waals surface area contributed by atoms with Gasteiger partial charge in [0.2, 0.25) is 0 Å². The molecule has 1 rings (SSSR count). The van der Waals surface area contributed by atoms with E-state index in [9.17, 15) is 0 Å². The summed E-state index contributed by atoms with van der Waals surface area (Å²) in [6.07, 6.45) is 0.935. The third-order valence-corrected chi connectivity index (χ3v) is 2.06. The number of hydrogen-bond donors (Lipinski definition) is 0. The van der Waals surface area contributed by atoms with Gasteiger partial charge in [-0.25, -0.2) is 0 Å². The van der Waals surface area contributed by atoms with Crippen LogP contribution >= 0.6 is 23.2 Å². The van der Waals surface area contributed by atoms with E-state index in [0.717, 1.165) is 12.0 Å². The zero-order valence-electron chi connectivity index (χ0n) is 6.19. The molecule has 0 heterocycles. The molecule has 0 amide bonds. The number of aryl methyl sites for hydroxylation is 1. The predicted octanol–water partition coefficient (Wildman–Crippen LogP) is 3.21. The fourth-order valence-corrected chi connectivity index (χ4v) is 1.30. The lowest BCUT2D eigenvalue weighted by Crippen LogP contribution is -1.85. The van der Waals surface area contributed by atoms with E-state index < -0.39 is 0 Å². The average molecular weight is 189 g/mol. The zero-order chi connectivity index (χ0) is 8.10. The van der Waals surface area contributed by atoms with Gasteiger partial charge in [0.15, 0.2) is 0 Å². The Balaban J connectivity index is 2.66. The van der Waals surface area contributed by atoms with Crippen molar-refractivity contribution in [2.45, 2.75) is 12.3 Å². The second-order valence-corrected chi connectivity index (χ2v) is 3.03. The van der Waals surface area contributed by atoms with Gasteiger partial charge in [-0.2, -0.15) is 0 Å². The predicted molar refractivity (Wildman–Crippen MR) is 50.4 cm³/mol. The van der Waals surface area contributed by atoms with Crippen molar-refractivity contribution >= 4 is 23.2 Å². The average Bonchev–Trinajstić information content (AvgIpc) is 2.07. The molecular weight excluding hydrogens is 179 g/mol. The van der Waals surface area contributed by atoms with Crippen LogP contribution < -0.4 is 0 Å². The first-order chi connectivity index (χ1) is 5.36. The summed E-state index contributed by atoms with van der Waals surface area (Å²) in [5.74, 6) is 1.27. The maximum Gasteiger partial charge on any atom is 0.0474 e. The molecular formula is C9H10Cl2. The summed E-state index contributed by atoms with van der Waals surface area (Å²) in [7, 11) is 0. The smallest absolute Gasteiger partial charge is 0.0474 e. The molecule has 0 N–H and O–H groups in total. The summed E-state index contributed by atoms with van der Waals surface area (Å²) < 4.78 is 0. The van der Waals surface area contributed by atoms with Gasteiger partial charge in [0, 0.05) is 11.8 Å². The summed E-state index contributed by atoms with van der Waals surface area (Å²) in [5, 5.41) is 0. The van der Waals surface area contributed by atoms with E-state index in [1.807, 2.05) is 12.1 Å². The van der Waals surface area contributed by atoms with Gasteiger partial charge in [-0.3, -0.25) is 0 Å². The Kier molecular flexibility index (Phi) is 3.74. The second kappa shape index (κ2) is 4.63. The minimum atomic E-state index is 0.584. The number of benzene rings is 1. The monoisotopic (exact) mass is 188 g/mol. The molecule has 0 saturated heterocycles. The highest BCUT2D eigenvalue weighted by Gasteiger charge is 1.91. The fourth-order valence-electron chi connectivity index (χ4n) is 0.904. The Bertz CT molecular complexity index is 203. The largest absolute Gasteiger partial charge is 0.126 e. The van der Waals surface area contributed by atoms with E-state index in [4.69, 9.17) is 23.2 Å². The topological polar surface area (TPSA) is 0 Å². The van der Waals surface area contributed by atoms with Gasteiger partial charge in [-0.05, 0) is 17.5 Å². The molecule has 0 aliphatic carbocycles. The molecule has 0 saturated carbocycles. The van der Waals surface area contributed by atoms with Crippen molar-refractivity contribution in [3.05, 3.63) is 35.4 Å². The van der Waals surface area contributed by atoms with Crippen LogP contribution in [0, 0.1) is 0 Å². The molecule has 2 heteroatoms. The SMILES string of the molecule is ClCCc1ccc(CCl)cc1. The van der Waals surface area contributed by atoms with Gasteiger partial charge in [-0.1, -0.05) is 24.3 Å². The fraction of sp³-hybridized carbons (Fsp3) is 0.333. The highest BCUT2D eigenvalue weighted by molar-refractivity contribution is 6.18. The van der Waals surface area contributed by atoms with E-state index in [-0.39, 0.29) is 0 Å². The Labute approximate surface area is 77.1 Å². The Morgan fingerprint density at radius 3 is 1.91 bits per heavy atom. The molecule has 60 valence electrons. The van der Waals surface area contributed by atoms with Gasteiger partial charge in [0.05, 0.1) is 0 Å². The second-order valence-electron chi connectivity index (χ2n) is 2.39. The minimum absolute atomic E-state index is 0.584. The molecule has 0 atom stereocenters. The Morgan fingerprint density at radius 1 is 0.909 bits per heavy atom. The van der Waals surface area contributed by atoms with E-state index >= 15 is 0 Å². The van der Waals surface area contributed by atoms with Crippen molar-refractivity contribution in [3.8, 4) is 0 Å². The van der Waals surface area contributed by atoms with E-state index in [0.29, 0.717) is 11.8 Å².